The van der Waals surface area contributed by atoms with Crippen LogP contribution in [0.4, 0.5) is 0 Å². The second-order valence-corrected chi connectivity index (χ2v) is 19.5. The van der Waals surface area contributed by atoms with E-state index in [0.717, 1.165) is 12.8 Å². The minimum atomic E-state index is -1.44. The Balaban J connectivity index is 1.22. The third-order valence-corrected chi connectivity index (χ3v) is 14.8. The van der Waals surface area contributed by atoms with Crippen LogP contribution in [0.3, 0.4) is 0 Å². The van der Waals surface area contributed by atoms with Gasteiger partial charge in [0.25, 0.3) is 0 Å². The number of hydrogen-bond donors (Lipinski definition) is 9. The van der Waals surface area contributed by atoms with E-state index in [1.165, 1.54) is 0 Å². The summed E-state index contributed by atoms with van der Waals surface area (Å²) in [6.45, 7) is 2.45. The van der Waals surface area contributed by atoms with Crippen LogP contribution in [0.25, 0.3) is 0 Å². The van der Waals surface area contributed by atoms with Crippen molar-refractivity contribution in [3.05, 3.63) is 0 Å². The summed E-state index contributed by atoms with van der Waals surface area (Å²) < 4.78 is 0. The van der Waals surface area contributed by atoms with E-state index in [2.05, 4.69) is 31.9 Å². The van der Waals surface area contributed by atoms with E-state index >= 15 is 0 Å². The molecule has 9 rings (SSSR count). The van der Waals surface area contributed by atoms with E-state index in [0.29, 0.717) is 109 Å². The number of nitrogens with two attached hydrogens (primary N) is 2. The van der Waals surface area contributed by atoms with Crippen molar-refractivity contribution in [2.45, 2.75) is 164 Å². The third kappa shape index (κ3) is 8.53. The van der Waals surface area contributed by atoms with Crippen molar-refractivity contribution in [2.24, 2.45) is 46.0 Å². The van der Waals surface area contributed by atoms with Gasteiger partial charge in [-0.2, -0.15) is 0 Å². The quantitative estimate of drug-likeness (QED) is 0.139. The zero-order valence-corrected chi connectivity index (χ0v) is 33.4. The van der Waals surface area contributed by atoms with Crippen molar-refractivity contribution in [3.63, 3.8) is 0 Å². The first-order valence-electron chi connectivity index (χ1n) is 21.6. The average molecular weight is 797 g/mol. The Labute approximate surface area is 334 Å². The minimum Gasteiger partial charge on any atom is -0.481 e. The zero-order chi connectivity index (χ0) is 40.8. The molecule has 316 valence electrons. The lowest BCUT2D eigenvalue weighted by atomic mass is 9.46. The fourth-order valence-electron chi connectivity index (χ4n) is 13.2. The van der Waals surface area contributed by atoms with Gasteiger partial charge in [-0.1, -0.05) is 0 Å². The van der Waals surface area contributed by atoms with Crippen LogP contribution in [0.2, 0.25) is 0 Å². The molecule has 9 fully saturated rings. The summed E-state index contributed by atoms with van der Waals surface area (Å²) in [5, 5.41) is 28.1. The van der Waals surface area contributed by atoms with E-state index < -0.39 is 82.1 Å². The minimum absolute atomic E-state index is 0.134. The number of unbranched alkanes of at least 4 members (excludes halogenated alkanes) is 2. The fourth-order valence-corrected chi connectivity index (χ4v) is 13.2. The number of amides is 6. The van der Waals surface area contributed by atoms with Crippen LogP contribution in [0, 0.1) is 34.5 Å². The summed E-state index contributed by atoms with van der Waals surface area (Å²) in [6.07, 6.45) is 9.99. The highest BCUT2D eigenvalue weighted by molar-refractivity contribution is 5.96. The van der Waals surface area contributed by atoms with Gasteiger partial charge in [0.1, 0.15) is 24.2 Å². The van der Waals surface area contributed by atoms with Gasteiger partial charge in [0.2, 0.25) is 35.4 Å². The van der Waals surface area contributed by atoms with Crippen LogP contribution in [-0.4, -0.2) is 94.9 Å². The van der Waals surface area contributed by atoms with E-state index in [-0.39, 0.29) is 41.9 Å². The SMILES string of the molecule is C[C@@H]1NC(=O)[C@@]23CC4C[C@H](C[C@@](C4)(C2)NC(=O)C(CCCCN)NC(=O)[C@H](CC(=O)O)NC(=O)[C@@]24CC5C[C@H](C[C@@](C5)(C2)NC(=O)C(CCCCN)NC1=O)C4)C3. The number of carbonyl (C=O) groups is 7. The van der Waals surface area contributed by atoms with Gasteiger partial charge < -0.3 is 48.5 Å². The van der Waals surface area contributed by atoms with E-state index in [9.17, 15) is 38.7 Å². The highest BCUT2D eigenvalue weighted by atomic mass is 16.4. The highest BCUT2D eigenvalue weighted by Crippen LogP contribution is 2.63. The number of rotatable bonds is 10. The molecule has 8 saturated carbocycles. The van der Waals surface area contributed by atoms with Gasteiger partial charge in [0.15, 0.2) is 0 Å². The fraction of sp³-hybridized carbons (Fsp3) is 0.829. The molecule has 12 atom stereocenters. The molecule has 1 saturated heterocycles. The molecule has 8 aliphatic carbocycles. The first kappa shape index (κ1) is 41.4. The van der Waals surface area contributed by atoms with Crippen molar-refractivity contribution in [3.8, 4) is 0 Å². The molecule has 6 amide bonds. The normalized spacial score (nSPS) is 41.8. The second-order valence-electron chi connectivity index (χ2n) is 19.5. The molecular formula is C41H64N8O8. The molecule has 16 heteroatoms. The maximum atomic E-state index is 14.5. The summed E-state index contributed by atoms with van der Waals surface area (Å²) in [6, 6.07) is -4.27. The molecular weight excluding hydrogens is 732 g/mol. The molecule has 4 spiro atoms. The van der Waals surface area contributed by atoms with Gasteiger partial charge >= 0.3 is 5.97 Å². The molecule has 0 radical (unpaired) electrons. The topological polar surface area (TPSA) is 264 Å². The number of nitrogens with one attached hydrogen (secondary N) is 6. The monoisotopic (exact) mass is 796 g/mol. The van der Waals surface area contributed by atoms with Crippen molar-refractivity contribution in [1.29, 1.82) is 0 Å². The Morgan fingerprint density at radius 3 is 1.42 bits per heavy atom. The first-order chi connectivity index (χ1) is 27.1. The lowest BCUT2D eigenvalue weighted by molar-refractivity contribution is -0.157. The molecule has 11 N–H and O–H groups in total. The van der Waals surface area contributed by atoms with Gasteiger partial charge in [-0.05, 0) is 159 Å². The van der Waals surface area contributed by atoms with Crippen LogP contribution < -0.4 is 43.4 Å². The van der Waals surface area contributed by atoms with E-state index in [1.807, 2.05) is 0 Å². The van der Waals surface area contributed by atoms with Gasteiger partial charge in [-0.15, -0.1) is 0 Å². The summed E-state index contributed by atoms with van der Waals surface area (Å²) in [5.74, 6) is -3.25. The largest absolute Gasteiger partial charge is 0.481 e. The van der Waals surface area contributed by atoms with Crippen LogP contribution >= 0.6 is 0 Å². The lowest BCUT2D eigenvalue weighted by Crippen LogP contribution is -2.69. The van der Waals surface area contributed by atoms with Gasteiger partial charge in [0, 0.05) is 11.1 Å². The summed E-state index contributed by atoms with van der Waals surface area (Å²) in [5.41, 5.74) is 8.41. The first-order valence-corrected chi connectivity index (χ1v) is 21.6. The smallest absolute Gasteiger partial charge is 0.305 e. The number of carboxylic acid groups (broad SMARTS) is 1. The number of hydrogen-bond acceptors (Lipinski definition) is 9. The van der Waals surface area contributed by atoms with Gasteiger partial charge in [-0.25, -0.2) is 0 Å². The molecule has 1 aliphatic heterocycles. The standard InChI is InChI=1S/C41H64N8O8/c1-23-32(52)45-28(6-2-4-8-42)34(54)48-41-19-26-11-27(20-41)16-39(15-26,22-41)37(57)47-30(12-31(50)51)33(53)46-29(7-3-5-9-43)35(55)49-40-17-24-10-25(18-40)14-38(13-24,21-40)36(56)44-23/h23-30H,2-22,42-43H2,1H3,(H,44,56)(H,45,52)(H,46,53)(H,47,57)(H,48,54)(H,49,55)(H,50,51)/t23-,24-,25?,26-,27?,28?,29?,30-,38-,39-,40+,41+/m0/s1. The summed E-state index contributed by atoms with van der Waals surface area (Å²) >= 11 is 0. The van der Waals surface area contributed by atoms with Crippen molar-refractivity contribution >= 4 is 41.4 Å². The molecule has 8 bridgehead atoms. The molecule has 0 aromatic heterocycles. The van der Waals surface area contributed by atoms with Crippen LogP contribution in [-0.2, 0) is 33.6 Å². The van der Waals surface area contributed by atoms with Gasteiger partial charge in [0.05, 0.1) is 17.3 Å². The molecule has 4 unspecified atom stereocenters. The van der Waals surface area contributed by atoms with Crippen LogP contribution in [0.15, 0.2) is 0 Å². The predicted molar refractivity (Wildman–Crippen MR) is 207 cm³/mol. The number of aliphatic carboxylic acids is 1. The molecule has 9 aliphatic rings. The van der Waals surface area contributed by atoms with Crippen molar-refractivity contribution in [1.82, 2.24) is 31.9 Å². The van der Waals surface area contributed by atoms with Crippen LogP contribution in [0.5, 0.6) is 0 Å². The maximum absolute atomic E-state index is 14.5. The molecule has 1 heterocycles. The lowest BCUT2D eigenvalue weighted by Gasteiger charge is -2.61. The highest BCUT2D eigenvalue weighted by Gasteiger charge is 2.63. The Hall–Kier alpha value is -3.79. The molecule has 16 nitrogen and oxygen atoms in total. The average Bonchev–Trinajstić information content (AvgIpc) is 3.11. The Kier molecular flexibility index (Phi) is 11.7. The summed E-state index contributed by atoms with van der Waals surface area (Å²) in [7, 11) is 0. The third-order valence-electron chi connectivity index (χ3n) is 14.8. The van der Waals surface area contributed by atoms with Gasteiger partial charge in [-0.3, -0.25) is 33.6 Å². The Morgan fingerprint density at radius 2 is 1.00 bits per heavy atom. The molecule has 0 aromatic carbocycles. The van der Waals surface area contributed by atoms with Crippen molar-refractivity contribution < 1.29 is 38.7 Å². The summed E-state index contributed by atoms with van der Waals surface area (Å²) in [4.78, 5) is 97.4. The zero-order valence-electron chi connectivity index (χ0n) is 33.4. The maximum Gasteiger partial charge on any atom is 0.305 e. The number of carbonyl (C=O) groups excluding carboxylic acids is 6. The molecule has 57 heavy (non-hydrogen) atoms. The van der Waals surface area contributed by atoms with E-state index in [4.69, 9.17) is 11.5 Å². The Bertz CT molecular complexity index is 1610. The molecule has 0 aromatic rings. The second kappa shape index (κ2) is 16.1. The number of carboxylic acids is 1. The van der Waals surface area contributed by atoms with Crippen molar-refractivity contribution in [2.75, 3.05) is 13.1 Å². The van der Waals surface area contributed by atoms with Crippen LogP contribution in [0.1, 0.15) is 129 Å². The van der Waals surface area contributed by atoms with E-state index in [1.54, 1.807) is 6.92 Å². The predicted octanol–water partition coefficient (Wildman–Crippen LogP) is 0.602. The Morgan fingerprint density at radius 1 is 0.579 bits per heavy atom.